The second kappa shape index (κ2) is 10.8. The minimum absolute atomic E-state index is 0.0549. The summed E-state index contributed by atoms with van der Waals surface area (Å²) in [5.74, 6) is -4.25. The third kappa shape index (κ3) is 8.52. The van der Waals surface area contributed by atoms with Gasteiger partial charge in [-0.2, -0.15) is 0 Å². The fourth-order valence-electron chi connectivity index (χ4n) is 2.99. The first-order valence-corrected chi connectivity index (χ1v) is 12.3. The van der Waals surface area contributed by atoms with Crippen molar-refractivity contribution in [3.8, 4) is 11.3 Å². The van der Waals surface area contributed by atoms with Gasteiger partial charge in [-0.25, -0.2) is 22.8 Å². The zero-order valence-electron chi connectivity index (χ0n) is 18.6. The van der Waals surface area contributed by atoms with Gasteiger partial charge in [0.1, 0.15) is 11.7 Å². The Morgan fingerprint density at radius 2 is 1.85 bits per heavy atom. The molecule has 9 nitrogen and oxygen atoms in total. The first-order valence-electron chi connectivity index (χ1n) is 10.2. The van der Waals surface area contributed by atoms with Crippen molar-refractivity contribution in [2.75, 3.05) is 17.4 Å². The molecule has 0 aliphatic carbocycles. The third-order valence-electron chi connectivity index (χ3n) is 4.58. The highest BCUT2D eigenvalue weighted by Gasteiger charge is 2.22. The molecule has 0 aliphatic rings. The Morgan fingerprint density at radius 3 is 2.39 bits per heavy atom. The highest BCUT2D eigenvalue weighted by Crippen LogP contribution is 2.31. The number of aliphatic hydroxyl groups is 2. The molecule has 0 amide bonds. The number of carbonyl (C=O) groups is 1. The summed E-state index contributed by atoms with van der Waals surface area (Å²) in [4.78, 5) is 19.5. The molecule has 180 valence electrons. The summed E-state index contributed by atoms with van der Waals surface area (Å²) in [5.41, 5.74) is 1.78. The Labute approximate surface area is 192 Å². The number of sulfone groups is 1. The van der Waals surface area contributed by atoms with Gasteiger partial charge in [0.2, 0.25) is 5.95 Å². The molecule has 0 bridgehead atoms. The van der Waals surface area contributed by atoms with Crippen LogP contribution < -0.4 is 5.32 Å². The molecule has 1 heterocycles. The lowest BCUT2D eigenvalue weighted by Crippen LogP contribution is -2.25. The van der Waals surface area contributed by atoms with Crippen molar-refractivity contribution in [2.45, 2.75) is 44.8 Å². The number of benzene rings is 1. The lowest BCUT2D eigenvalue weighted by Gasteiger charge is -2.19. The van der Waals surface area contributed by atoms with Crippen molar-refractivity contribution < 1.29 is 32.9 Å². The van der Waals surface area contributed by atoms with E-state index in [1.54, 1.807) is 0 Å². The van der Waals surface area contributed by atoms with Gasteiger partial charge in [0, 0.05) is 30.2 Å². The lowest BCUT2D eigenvalue weighted by molar-refractivity contribution is -0.139. The smallest absolute Gasteiger partial charge is 0.303 e. The highest BCUT2D eigenvalue weighted by atomic mass is 32.2. The molecule has 0 saturated heterocycles. The van der Waals surface area contributed by atoms with E-state index in [0.717, 1.165) is 12.3 Å². The number of anilines is 1. The Balaban J connectivity index is 2.56. The van der Waals surface area contributed by atoms with Crippen LogP contribution in [0, 0.1) is 5.82 Å². The molecule has 4 N–H and O–H groups in total. The summed E-state index contributed by atoms with van der Waals surface area (Å²) in [7, 11) is -3.36. The Kier molecular flexibility index (Phi) is 8.64. The third-order valence-corrected chi connectivity index (χ3v) is 5.25. The number of nitrogens with zero attached hydrogens (tertiary/aromatic N) is 2. The molecule has 1 aromatic carbocycles. The van der Waals surface area contributed by atoms with Crippen LogP contribution in [-0.4, -0.2) is 57.6 Å². The zero-order valence-corrected chi connectivity index (χ0v) is 19.4. The molecule has 2 rings (SSSR count). The zero-order chi connectivity index (χ0) is 24.8. The summed E-state index contributed by atoms with van der Waals surface area (Å²) in [5, 5.41) is 31.9. The molecule has 0 unspecified atom stereocenters. The largest absolute Gasteiger partial charge is 0.481 e. The number of nitrogens with one attached hydrogen (secondary N) is 1. The molecule has 0 saturated carbocycles. The molecule has 0 aliphatic heterocycles. The molecule has 11 heteroatoms. The van der Waals surface area contributed by atoms with Gasteiger partial charge in [0.25, 0.3) is 0 Å². The monoisotopic (exact) mass is 481 g/mol. The van der Waals surface area contributed by atoms with Gasteiger partial charge in [-0.3, -0.25) is 4.79 Å². The summed E-state index contributed by atoms with van der Waals surface area (Å²) in [6.45, 7) is 3.71. The van der Waals surface area contributed by atoms with Gasteiger partial charge < -0.3 is 20.6 Å². The average molecular weight is 482 g/mol. The number of carboxylic acid groups (broad SMARTS) is 1. The van der Waals surface area contributed by atoms with Crippen molar-refractivity contribution in [3.63, 3.8) is 0 Å². The molecule has 0 fully saturated rings. The summed E-state index contributed by atoms with van der Waals surface area (Å²) >= 11 is 0. The van der Waals surface area contributed by atoms with Crippen molar-refractivity contribution >= 4 is 27.8 Å². The number of rotatable bonds is 11. The van der Waals surface area contributed by atoms with Crippen LogP contribution >= 0.6 is 0 Å². The van der Waals surface area contributed by atoms with Gasteiger partial charge in [-0.1, -0.05) is 13.8 Å². The van der Waals surface area contributed by atoms with Crippen LogP contribution in [0.1, 0.15) is 50.3 Å². The van der Waals surface area contributed by atoms with E-state index in [1.165, 1.54) is 30.3 Å². The topological polar surface area (TPSA) is 150 Å². The fraction of sp³-hybridized carbons (Fsp3) is 0.409. The SMILES string of the molecule is CC(C)c1nc(NCS(C)(=O)=O)nc(-c2ccc(F)cc2)c1/C=C/C(O)(O)CCCC(=O)O. The van der Waals surface area contributed by atoms with E-state index in [1.807, 2.05) is 13.8 Å². The minimum Gasteiger partial charge on any atom is -0.481 e. The van der Waals surface area contributed by atoms with Crippen LogP contribution in [0.25, 0.3) is 17.3 Å². The Morgan fingerprint density at radius 1 is 1.21 bits per heavy atom. The van der Waals surface area contributed by atoms with E-state index in [4.69, 9.17) is 5.11 Å². The van der Waals surface area contributed by atoms with E-state index >= 15 is 0 Å². The van der Waals surface area contributed by atoms with Crippen LogP contribution in [0.15, 0.2) is 30.3 Å². The van der Waals surface area contributed by atoms with Gasteiger partial charge in [0.15, 0.2) is 15.6 Å². The maximum atomic E-state index is 13.5. The fourth-order valence-corrected chi connectivity index (χ4v) is 3.38. The molecule has 0 atom stereocenters. The number of carboxylic acids is 1. The maximum absolute atomic E-state index is 13.5. The number of hydrogen-bond donors (Lipinski definition) is 4. The normalized spacial score (nSPS) is 12.5. The predicted octanol–water partition coefficient (Wildman–Crippen LogP) is 2.77. The van der Waals surface area contributed by atoms with E-state index in [2.05, 4.69) is 15.3 Å². The first kappa shape index (κ1) is 26.4. The average Bonchev–Trinajstić information content (AvgIpc) is 2.70. The van der Waals surface area contributed by atoms with Crippen molar-refractivity contribution in [1.29, 1.82) is 0 Å². The molecule has 33 heavy (non-hydrogen) atoms. The predicted molar refractivity (Wildman–Crippen MR) is 123 cm³/mol. The molecule has 0 radical (unpaired) electrons. The Bertz CT molecular complexity index is 1120. The van der Waals surface area contributed by atoms with Gasteiger partial charge >= 0.3 is 5.97 Å². The Hall–Kier alpha value is -2.89. The molecule has 2 aromatic rings. The number of halogens is 1. The van der Waals surface area contributed by atoms with E-state index in [0.29, 0.717) is 22.5 Å². The van der Waals surface area contributed by atoms with Crippen LogP contribution in [0.2, 0.25) is 0 Å². The molecular weight excluding hydrogens is 453 g/mol. The van der Waals surface area contributed by atoms with Gasteiger partial charge in [0.05, 0.1) is 11.4 Å². The van der Waals surface area contributed by atoms with Gasteiger partial charge in [-0.05, 0) is 48.8 Å². The minimum atomic E-state index is -3.36. The summed E-state index contributed by atoms with van der Waals surface area (Å²) in [6.07, 6.45) is 3.25. The highest BCUT2D eigenvalue weighted by molar-refractivity contribution is 7.90. The van der Waals surface area contributed by atoms with Crippen LogP contribution in [0.4, 0.5) is 10.3 Å². The van der Waals surface area contributed by atoms with Crippen LogP contribution in [0.3, 0.4) is 0 Å². The second-order valence-corrected chi connectivity index (χ2v) is 10.2. The van der Waals surface area contributed by atoms with Crippen molar-refractivity contribution in [1.82, 2.24) is 9.97 Å². The first-order chi connectivity index (χ1) is 15.3. The number of aromatic nitrogens is 2. The van der Waals surface area contributed by atoms with Crippen molar-refractivity contribution in [2.24, 2.45) is 0 Å². The van der Waals surface area contributed by atoms with Crippen LogP contribution in [-0.2, 0) is 14.6 Å². The number of aliphatic carboxylic acids is 1. The molecule has 0 spiro atoms. The quantitative estimate of drug-likeness (QED) is 0.355. The number of hydrogen-bond acceptors (Lipinski definition) is 8. The van der Waals surface area contributed by atoms with Crippen LogP contribution in [0.5, 0.6) is 0 Å². The molecule has 1 aromatic heterocycles. The summed E-state index contributed by atoms with van der Waals surface area (Å²) in [6, 6.07) is 5.49. The second-order valence-electron chi connectivity index (χ2n) is 8.06. The van der Waals surface area contributed by atoms with E-state index in [-0.39, 0.29) is 37.0 Å². The van der Waals surface area contributed by atoms with Crippen molar-refractivity contribution in [3.05, 3.63) is 47.4 Å². The standard InChI is InChI=1S/C22H28FN3O6S/c1-14(2)19-17(10-12-22(29,30)11-4-5-18(27)28)20(15-6-8-16(23)9-7-15)26-21(25-19)24-13-33(3,31)32/h6-10,12,14,29-30H,4-5,11,13H2,1-3H3,(H,27,28)(H,24,25,26)/b12-10+. The van der Waals surface area contributed by atoms with Gasteiger partial charge in [-0.15, -0.1) is 0 Å². The summed E-state index contributed by atoms with van der Waals surface area (Å²) < 4.78 is 36.6. The van der Waals surface area contributed by atoms with E-state index < -0.39 is 27.4 Å². The maximum Gasteiger partial charge on any atom is 0.303 e. The molecular formula is C22H28FN3O6S. The lowest BCUT2D eigenvalue weighted by atomic mass is 9.97. The van der Waals surface area contributed by atoms with E-state index in [9.17, 15) is 27.8 Å².